The third-order valence-electron chi connectivity index (χ3n) is 8.96. The molecule has 5 rings (SSSR count). The Kier molecular flexibility index (Phi) is 15.6. The summed E-state index contributed by atoms with van der Waals surface area (Å²) in [6.07, 6.45) is 9.17. The lowest BCUT2D eigenvalue weighted by atomic mass is 10.1. The molecule has 12 heteroatoms. The zero-order valence-corrected chi connectivity index (χ0v) is 31.7. The molecule has 0 spiro atoms. The lowest BCUT2D eigenvalue weighted by Crippen LogP contribution is -2.13. The topological polar surface area (TPSA) is 116 Å². The summed E-state index contributed by atoms with van der Waals surface area (Å²) in [4.78, 5) is 35.0. The summed E-state index contributed by atoms with van der Waals surface area (Å²) in [6, 6.07) is 22.1. The van der Waals surface area contributed by atoms with Crippen LogP contribution in [0.2, 0.25) is 0 Å². The molecule has 57 heavy (non-hydrogen) atoms. The minimum absolute atomic E-state index is 0.00666. The zero-order valence-electron chi connectivity index (χ0n) is 31.7. The van der Waals surface area contributed by atoms with Gasteiger partial charge in [-0.3, -0.25) is 0 Å². The lowest BCUT2D eigenvalue weighted by molar-refractivity contribution is -0.138. The summed E-state index contributed by atoms with van der Waals surface area (Å²) in [6.45, 7) is 8.29. The van der Waals surface area contributed by atoms with E-state index in [1.165, 1.54) is 24.3 Å². The third kappa shape index (κ3) is 12.4. The fourth-order valence-corrected chi connectivity index (χ4v) is 5.94. The number of rotatable bonds is 24. The summed E-state index contributed by atoms with van der Waals surface area (Å²) >= 11 is 0. The summed E-state index contributed by atoms with van der Waals surface area (Å²) in [7, 11) is 0. The Hall–Kier alpha value is -6.17. The summed E-state index contributed by atoms with van der Waals surface area (Å²) in [5, 5.41) is 0. The number of carbonyl (C=O) groups excluding carboxylic acids is 3. The molecule has 4 aromatic rings. The van der Waals surface area contributed by atoms with Crippen molar-refractivity contribution in [3.05, 3.63) is 127 Å². The summed E-state index contributed by atoms with van der Waals surface area (Å²) in [5.41, 5.74) is 0.442. The van der Waals surface area contributed by atoms with E-state index in [9.17, 15) is 14.4 Å². The van der Waals surface area contributed by atoms with Crippen LogP contribution in [0, 0.1) is 0 Å². The van der Waals surface area contributed by atoms with Gasteiger partial charge in [0.05, 0.1) is 32.0 Å². The molecule has 0 aromatic heterocycles. The standard InChI is InChI=1S/C45H46F2O10/c1-3-42(48)53-27-11-7-5-9-25-51-33-15-13-32(14-16-33)44(50)57-37-22-24-39-38-23-21-36(29-40(38)45(46,47)41(39)30-37)56-31-55-35-19-17-34(18-20-35)52-26-10-6-8-12-28-54-43(49)4-2/h3-4,13-24,29-30H,1-2,5-12,25-28,31H2. The summed E-state index contributed by atoms with van der Waals surface area (Å²) < 4.78 is 69.8. The van der Waals surface area contributed by atoms with Crippen LogP contribution < -0.4 is 23.7 Å². The van der Waals surface area contributed by atoms with E-state index in [4.69, 9.17) is 33.2 Å². The van der Waals surface area contributed by atoms with Crippen LogP contribution in [0.3, 0.4) is 0 Å². The van der Waals surface area contributed by atoms with Crippen molar-refractivity contribution in [1.82, 2.24) is 0 Å². The molecular weight excluding hydrogens is 738 g/mol. The maximum atomic E-state index is 15.8. The number of esters is 3. The van der Waals surface area contributed by atoms with Crippen molar-refractivity contribution < 1.29 is 56.3 Å². The number of alkyl halides is 2. The van der Waals surface area contributed by atoms with Gasteiger partial charge in [-0.05, 0) is 135 Å². The second kappa shape index (κ2) is 21.2. The Morgan fingerprint density at radius 1 is 0.509 bits per heavy atom. The maximum Gasteiger partial charge on any atom is 0.343 e. The van der Waals surface area contributed by atoms with Crippen molar-refractivity contribution in [2.75, 3.05) is 33.2 Å². The minimum atomic E-state index is -3.36. The van der Waals surface area contributed by atoms with E-state index in [2.05, 4.69) is 13.2 Å². The van der Waals surface area contributed by atoms with E-state index in [1.54, 1.807) is 60.7 Å². The fraction of sp³-hybridized carbons (Fsp3) is 0.311. The smallest absolute Gasteiger partial charge is 0.343 e. The monoisotopic (exact) mass is 784 g/mol. The number of ether oxygens (including phenoxy) is 7. The molecule has 0 saturated carbocycles. The van der Waals surface area contributed by atoms with Crippen LogP contribution in [-0.4, -0.2) is 51.1 Å². The van der Waals surface area contributed by atoms with Crippen LogP contribution in [0.5, 0.6) is 28.7 Å². The normalized spacial score (nSPS) is 12.0. The number of carbonyl (C=O) groups is 3. The predicted molar refractivity (Wildman–Crippen MR) is 209 cm³/mol. The van der Waals surface area contributed by atoms with Crippen LogP contribution in [0.15, 0.2) is 110 Å². The molecule has 0 saturated heterocycles. The van der Waals surface area contributed by atoms with Crippen molar-refractivity contribution in [2.24, 2.45) is 0 Å². The Labute approximate surface area is 330 Å². The first-order valence-electron chi connectivity index (χ1n) is 18.9. The van der Waals surface area contributed by atoms with E-state index in [1.807, 2.05) is 0 Å². The van der Waals surface area contributed by atoms with Crippen molar-refractivity contribution in [1.29, 1.82) is 0 Å². The average Bonchev–Trinajstić information content (AvgIpc) is 3.44. The molecule has 0 fully saturated rings. The fourth-order valence-electron chi connectivity index (χ4n) is 5.94. The highest BCUT2D eigenvalue weighted by Crippen LogP contribution is 2.52. The van der Waals surface area contributed by atoms with Crippen LogP contribution in [0.1, 0.15) is 72.9 Å². The first-order valence-corrected chi connectivity index (χ1v) is 18.9. The second-order valence-electron chi connectivity index (χ2n) is 13.0. The second-order valence-corrected chi connectivity index (χ2v) is 13.0. The largest absolute Gasteiger partial charge is 0.494 e. The quantitative estimate of drug-likeness (QED) is 0.0224. The number of unbranched alkanes of at least 4 members (excludes halogenated alkanes) is 6. The number of hydrogen-bond acceptors (Lipinski definition) is 10. The van der Waals surface area contributed by atoms with Crippen LogP contribution in [-0.2, 0) is 25.0 Å². The van der Waals surface area contributed by atoms with E-state index < -0.39 is 23.8 Å². The van der Waals surface area contributed by atoms with E-state index >= 15 is 8.78 Å². The maximum absolute atomic E-state index is 15.8. The van der Waals surface area contributed by atoms with Crippen LogP contribution in [0.25, 0.3) is 11.1 Å². The molecule has 0 bridgehead atoms. The molecule has 0 unspecified atom stereocenters. The van der Waals surface area contributed by atoms with Crippen molar-refractivity contribution in [3.8, 4) is 39.9 Å². The minimum Gasteiger partial charge on any atom is -0.494 e. The van der Waals surface area contributed by atoms with Gasteiger partial charge in [0, 0.05) is 23.3 Å². The predicted octanol–water partition coefficient (Wildman–Crippen LogP) is 9.78. The average molecular weight is 785 g/mol. The molecule has 10 nitrogen and oxygen atoms in total. The van der Waals surface area contributed by atoms with Gasteiger partial charge in [0.15, 0.2) is 0 Å². The SMILES string of the molecule is C=CC(=O)OCCCCCCOc1ccc(OCOc2ccc3c(c2)C(F)(F)c2cc(OC(=O)c4ccc(OCCCCCCOC(=O)C=C)cc4)ccc2-3)cc1. The highest BCUT2D eigenvalue weighted by molar-refractivity contribution is 5.91. The van der Waals surface area contributed by atoms with Gasteiger partial charge in [0.2, 0.25) is 6.79 Å². The van der Waals surface area contributed by atoms with Gasteiger partial charge < -0.3 is 33.2 Å². The summed E-state index contributed by atoms with van der Waals surface area (Å²) in [5.74, 6) is -2.90. The highest BCUT2D eigenvalue weighted by Gasteiger charge is 2.45. The Morgan fingerprint density at radius 3 is 1.42 bits per heavy atom. The van der Waals surface area contributed by atoms with Crippen molar-refractivity contribution in [3.63, 3.8) is 0 Å². The number of fused-ring (bicyclic) bond motifs is 3. The molecule has 0 aliphatic heterocycles. The third-order valence-corrected chi connectivity index (χ3v) is 8.96. The molecule has 1 aliphatic rings. The van der Waals surface area contributed by atoms with Crippen LogP contribution in [0.4, 0.5) is 8.78 Å². The highest BCUT2D eigenvalue weighted by atomic mass is 19.3. The molecule has 4 aromatic carbocycles. The van der Waals surface area contributed by atoms with Gasteiger partial charge >= 0.3 is 17.9 Å². The molecule has 0 N–H and O–H groups in total. The van der Waals surface area contributed by atoms with Gasteiger partial charge in [-0.25, -0.2) is 14.4 Å². The molecule has 300 valence electrons. The Balaban J connectivity index is 1.03. The zero-order chi connectivity index (χ0) is 40.5. The van der Waals surface area contributed by atoms with Crippen LogP contribution >= 0.6 is 0 Å². The van der Waals surface area contributed by atoms with Gasteiger partial charge in [0.25, 0.3) is 5.92 Å². The molecule has 0 radical (unpaired) electrons. The molecule has 0 heterocycles. The van der Waals surface area contributed by atoms with Gasteiger partial charge in [-0.15, -0.1) is 0 Å². The van der Waals surface area contributed by atoms with E-state index in [0.29, 0.717) is 54.8 Å². The molecule has 0 atom stereocenters. The number of halogens is 2. The van der Waals surface area contributed by atoms with Gasteiger partial charge in [0.1, 0.15) is 28.7 Å². The first-order chi connectivity index (χ1) is 27.7. The lowest BCUT2D eigenvalue weighted by Gasteiger charge is -2.14. The van der Waals surface area contributed by atoms with E-state index in [-0.39, 0.29) is 35.0 Å². The first kappa shape index (κ1) is 42.0. The molecular formula is C45H46F2O10. The molecule has 0 amide bonds. The number of benzene rings is 4. The van der Waals surface area contributed by atoms with Gasteiger partial charge in [-0.1, -0.05) is 25.3 Å². The van der Waals surface area contributed by atoms with E-state index in [0.717, 1.165) is 63.5 Å². The Bertz CT molecular complexity index is 1980. The molecule has 1 aliphatic carbocycles. The van der Waals surface area contributed by atoms with Crippen molar-refractivity contribution >= 4 is 17.9 Å². The van der Waals surface area contributed by atoms with Gasteiger partial charge in [-0.2, -0.15) is 8.78 Å². The van der Waals surface area contributed by atoms with Crippen molar-refractivity contribution in [2.45, 2.75) is 57.3 Å². The Morgan fingerprint density at radius 2 is 0.912 bits per heavy atom. The number of hydrogen-bond donors (Lipinski definition) is 0.